The van der Waals surface area contributed by atoms with Gasteiger partial charge >= 0.3 is 0 Å². The molecule has 0 aliphatic heterocycles. The predicted octanol–water partition coefficient (Wildman–Crippen LogP) is 2.26. The van der Waals surface area contributed by atoms with Gasteiger partial charge in [0.2, 0.25) is 0 Å². The minimum atomic E-state index is -0.108. The van der Waals surface area contributed by atoms with Gasteiger partial charge in [-0.2, -0.15) is 0 Å². The zero-order chi connectivity index (χ0) is 10.0. The Balaban J connectivity index is 2.05. The number of rotatable bonds is 3. The van der Waals surface area contributed by atoms with Gasteiger partial charge in [0.15, 0.2) is 0 Å². The van der Waals surface area contributed by atoms with Crippen molar-refractivity contribution < 1.29 is 4.79 Å². The summed E-state index contributed by atoms with van der Waals surface area (Å²) in [5.41, 5.74) is 5.73. The summed E-state index contributed by atoms with van der Waals surface area (Å²) in [6.07, 6.45) is 9.31. The second-order valence-electron chi connectivity index (χ2n) is 5.04. The molecule has 2 fully saturated rings. The highest BCUT2D eigenvalue weighted by Crippen LogP contribution is 2.42. The maximum absolute atomic E-state index is 12.3. The van der Waals surface area contributed by atoms with Crippen molar-refractivity contribution in [2.45, 2.75) is 51.4 Å². The van der Waals surface area contributed by atoms with Gasteiger partial charge in [0.05, 0.1) is 0 Å². The van der Waals surface area contributed by atoms with E-state index in [-0.39, 0.29) is 5.41 Å². The number of carbonyl (C=O) groups excluding carboxylic acids is 1. The van der Waals surface area contributed by atoms with Crippen LogP contribution in [0.4, 0.5) is 0 Å². The van der Waals surface area contributed by atoms with Gasteiger partial charge in [-0.05, 0) is 25.7 Å². The molecule has 0 radical (unpaired) electrons. The number of ketones is 1. The van der Waals surface area contributed by atoms with Crippen LogP contribution < -0.4 is 5.73 Å². The van der Waals surface area contributed by atoms with Crippen LogP contribution in [0.1, 0.15) is 51.4 Å². The van der Waals surface area contributed by atoms with Crippen LogP contribution >= 0.6 is 0 Å². The lowest BCUT2D eigenvalue weighted by Gasteiger charge is -2.39. The second-order valence-corrected chi connectivity index (χ2v) is 5.04. The summed E-state index contributed by atoms with van der Waals surface area (Å²) in [5, 5.41) is 0. The fraction of sp³-hybridized carbons (Fsp3) is 0.917. The molecule has 0 aromatic carbocycles. The van der Waals surface area contributed by atoms with Crippen LogP contribution in [0.15, 0.2) is 0 Å². The fourth-order valence-electron chi connectivity index (χ4n) is 2.88. The molecular formula is C12H21NO. The molecule has 2 saturated carbocycles. The van der Waals surface area contributed by atoms with Crippen molar-refractivity contribution in [1.29, 1.82) is 0 Å². The second kappa shape index (κ2) is 4.01. The third kappa shape index (κ3) is 1.60. The Morgan fingerprint density at radius 3 is 2.21 bits per heavy atom. The van der Waals surface area contributed by atoms with E-state index in [1.165, 1.54) is 25.7 Å². The van der Waals surface area contributed by atoms with Crippen molar-refractivity contribution in [1.82, 2.24) is 0 Å². The van der Waals surface area contributed by atoms with Crippen molar-refractivity contribution in [2.75, 3.05) is 6.54 Å². The highest BCUT2D eigenvalue weighted by atomic mass is 16.1. The van der Waals surface area contributed by atoms with Crippen molar-refractivity contribution in [3.8, 4) is 0 Å². The normalized spacial score (nSPS) is 26.9. The smallest absolute Gasteiger partial charge is 0.143 e. The fourth-order valence-corrected chi connectivity index (χ4v) is 2.88. The standard InChI is InChI=1S/C12H21NO/c13-9-12(7-2-1-3-8-12)11(14)10-5-4-6-10/h10H,1-9,13H2. The molecule has 0 spiro atoms. The first-order valence-electron chi connectivity index (χ1n) is 6.03. The van der Waals surface area contributed by atoms with E-state index in [4.69, 9.17) is 5.73 Å². The van der Waals surface area contributed by atoms with Crippen molar-refractivity contribution in [2.24, 2.45) is 17.1 Å². The summed E-state index contributed by atoms with van der Waals surface area (Å²) in [6.45, 7) is 0.586. The molecule has 14 heavy (non-hydrogen) atoms. The summed E-state index contributed by atoms with van der Waals surface area (Å²) >= 11 is 0. The summed E-state index contributed by atoms with van der Waals surface area (Å²) in [5.74, 6) is 0.877. The van der Waals surface area contributed by atoms with Crippen LogP contribution in [0.25, 0.3) is 0 Å². The molecule has 0 amide bonds. The highest BCUT2D eigenvalue weighted by molar-refractivity contribution is 5.88. The SMILES string of the molecule is NCC1(C(=O)C2CCC2)CCCCC1. The Labute approximate surface area is 86.2 Å². The maximum atomic E-state index is 12.3. The molecule has 0 saturated heterocycles. The number of Topliss-reactive ketones (excluding diaryl/α,β-unsaturated/α-hetero) is 1. The summed E-state index contributed by atoms with van der Waals surface area (Å²) in [4.78, 5) is 12.3. The zero-order valence-electron chi connectivity index (χ0n) is 8.93. The summed E-state index contributed by atoms with van der Waals surface area (Å²) in [7, 11) is 0. The topological polar surface area (TPSA) is 43.1 Å². The van der Waals surface area contributed by atoms with Gasteiger partial charge in [0.25, 0.3) is 0 Å². The quantitative estimate of drug-likeness (QED) is 0.750. The van der Waals surface area contributed by atoms with E-state index < -0.39 is 0 Å². The molecule has 0 aromatic rings. The minimum Gasteiger partial charge on any atom is -0.329 e. The minimum absolute atomic E-state index is 0.108. The van der Waals surface area contributed by atoms with Gasteiger partial charge in [-0.25, -0.2) is 0 Å². The van der Waals surface area contributed by atoms with Gasteiger partial charge in [-0.3, -0.25) is 4.79 Å². The van der Waals surface area contributed by atoms with Crippen LogP contribution in [0.5, 0.6) is 0 Å². The third-order valence-electron chi connectivity index (χ3n) is 4.20. The number of hydrogen-bond acceptors (Lipinski definition) is 2. The lowest BCUT2D eigenvalue weighted by molar-refractivity contribution is -0.136. The first kappa shape index (κ1) is 10.2. The first-order chi connectivity index (χ1) is 6.78. The van der Waals surface area contributed by atoms with Crippen LogP contribution in [0.2, 0.25) is 0 Å². The van der Waals surface area contributed by atoms with Crippen molar-refractivity contribution in [3.63, 3.8) is 0 Å². The number of carbonyl (C=O) groups is 1. The molecule has 2 heteroatoms. The van der Waals surface area contributed by atoms with Crippen LogP contribution in [-0.2, 0) is 4.79 Å². The Morgan fingerprint density at radius 2 is 1.79 bits per heavy atom. The van der Waals surface area contributed by atoms with Gasteiger partial charge < -0.3 is 5.73 Å². The molecular weight excluding hydrogens is 174 g/mol. The Kier molecular flexibility index (Phi) is 2.91. The Bertz CT molecular complexity index is 214. The Hall–Kier alpha value is -0.370. The van der Waals surface area contributed by atoms with E-state index in [0.29, 0.717) is 18.2 Å². The van der Waals surface area contributed by atoms with E-state index in [1.54, 1.807) is 0 Å². The monoisotopic (exact) mass is 195 g/mol. The molecule has 0 heterocycles. The average molecular weight is 195 g/mol. The largest absolute Gasteiger partial charge is 0.329 e. The molecule has 0 atom stereocenters. The van der Waals surface area contributed by atoms with Gasteiger partial charge in [-0.1, -0.05) is 25.7 Å². The van der Waals surface area contributed by atoms with Crippen LogP contribution in [0, 0.1) is 11.3 Å². The van der Waals surface area contributed by atoms with Gasteiger partial charge in [0.1, 0.15) is 5.78 Å². The van der Waals surface area contributed by atoms with E-state index in [9.17, 15) is 4.79 Å². The summed E-state index contributed by atoms with van der Waals surface area (Å²) < 4.78 is 0. The first-order valence-corrected chi connectivity index (χ1v) is 6.03. The molecule has 80 valence electrons. The van der Waals surface area contributed by atoms with Crippen molar-refractivity contribution in [3.05, 3.63) is 0 Å². The molecule has 2 N–H and O–H groups in total. The molecule has 2 rings (SSSR count). The molecule has 2 nitrogen and oxygen atoms in total. The van der Waals surface area contributed by atoms with Crippen LogP contribution in [0.3, 0.4) is 0 Å². The van der Waals surface area contributed by atoms with Gasteiger partial charge in [-0.15, -0.1) is 0 Å². The predicted molar refractivity (Wildman–Crippen MR) is 56.9 cm³/mol. The Morgan fingerprint density at radius 1 is 1.14 bits per heavy atom. The zero-order valence-corrected chi connectivity index (χ0v) is 8.93. The third-order valence-corrected chi connectivity index (χ3v) is 4.20. The lowest BCUT2D eigenvalue weighted by Crippen LogP contribution is -2.45. The lowest BCUT2D eigenvalue weighted by atomic mass is 9.64. The molecule has 0 bridgehead atoms. The molecule has 0 aromatic heterocycles. The average Bonchev–Trinajstić information content (AvgIpc) is 2.16. The summed E-state index contributed by atoms with van der Waals surface area (Å²) in [6, 6.07) is 0. The van der Waals surface area contributed by atoms with E-state index in [2.05, 4.69) is 0 Å². The maximum Gasteiger partial charge on any atom is 0.143 e. The van der Waals surface area contributed by atoms with Crippen molar-refractivity contribution >= 4 is 5.78 Å². The molecule has 2 aliphatic carbocycles. The molecule has 2 aliphatic rings. The molecule has 0 unspecified atom stereocenters. The van der Waals surface area contributed by atoms with E-state index in [0.717, 1.165) is 25.7 Å². The highest BCUT2D eigenvalue weighted by Gasteiger charge is 2.42. The van der Waals surface area contributed by atoms with Gasteiger partial charge in [0, 0.05) is 17.9 Å². The van der Waals surface area contributed by atoms with E-state index in [1.807, 2.05) is 0 Å². The number of nitrogens with two attached hydrogens (primary N) is 1. The van der Waals surface area contributed by atoms with Crippen LogP contribution in [-0.4, -0.2) is 12.3 Å². The number of hydrogen-bond donors (Lipinski definition) is 1. The van der Waals surface area contributed by atoms with E-state index >= 15 is 0 Å².